The van der Waals surface area contributed by atoms with Crippen LogP contribution >= 0.6 is 0 Å². The van der Waals surface area contributed by atoms with Gasteiger partial charge in [0.2, 0.25) is 5.91 Å². The van der Waals surface area contributed by atoms with Crippen molar-refractivity contribution in [1.29, 1.82) is 0 Å². The third kappa shape index (κ3) is 7.21. The maximum atomic E-state index is 13.0. The van der Waals surface area contributed by atoms with Gasteiger partial charge in [-0.2, -0.15) is 0 Å². The van der Waals surface area contributed by atoms with E-state index in [1.807, 2.05) is 56.3 Å². The van der Waals surface area contributed by atoms with E-state index in [9.17, 15) is 9.59 Å². The van der Waals surface area contributed by atoms with Crippen molar-refractivity contribution in [3.05, 3.63) is 65.7 Å². The predicted molar refractivity (Wildman–Crippen MR) is 126 cm³/mol. The van der Waals surface area contributed by atoms with Crippen LogP contribution in [0.2, 0.25) is 0 Å². The molecule has 1 atom stereocenters. The van der Waals surface area contributed by atoms with Crippen LogP contribution in [0.25, 0.3) is 0 Å². The van der Waals surface area contributed by atoms with Gasteiger partial charge in [0.15, 0.2) is 0 Å². The zero-order chi connectivity index (χ0) is 22.2. The van der Waals surface area contributed by atoms with Crippen molar-refractivity contribution in [1.82, 2.24) is 10.2 Å². The summed E-state index contributed by atoms with van der Waals surface area (Å²) in [4.78, 5) is 27.9. The van der Waals surface area contributed by atoms with Crippen molar-refractivity contribution >= 4 is 17.5 Å². The highest BCUT2D eigenvalue weighted by atomic mass is 16.2. The largest absolute Gasteiger partial charge is 0.341 e. The number of nitrogens with one attached hydrogen (secondary N) is 2. The van der Waals surface area contributed by atoms with E-state index >= 15 is 0 Å². The number of rotatable bonds is 8. The molecular formula is C26H35N3O2. The second-order valence-electron chi connectivity index (χ2n) is 9.15. The van der Waals surface area contributed by atoms with Crippen LogP contribution in [-0.4, -0.2) is 29.8 Å². The summed E-state index contributed by atoms with van der Waals surface area (Å²) in [6.45, 7) is 9.54. The first-order chi connectivity index (χ1) is 14.9. The molecule has 1 aliphatic heterocycles. The summed E-state index contributed by atoms with van der Waals surface area (Å²) >= 11 is 0. The molecule has 1 aliphatic rings. The molecule has 0 aliphatic carbocycles. The average Bonchev–Trinajstić information content (AvgIpc) is 2.75. The van der Waals surface area contributed by atoms with E-state index < -0.39 is 6.04 Å². The van der Waals surface area contributed by atoms with E-state index in [-0.39, 0.29) is 17.7 Å². The second-order valence-corrected chi connectivity index (χ2v) is 9.15. The Morgan fingerprint density at radius 3 is 2.26 bits per heavy atom. The SMILES string of the molecule is CC(C)CC(=O)NC(C(=O)Nc1ccc(CN2CCC(C)CC2)cc1)c1ccccc1. The number of anilines is 1. The fourth-order valence-electron chi connectivity index (χ4n) is 3.92. The normalized spacial score (nSPS) is 16.1. The van der Waals surface area contributed by atoms with Gasteiger partial charge in [0.25, 0.3) is 5.91 Å². The summed E-state index contributed by atoms with van der Waals surface area (Å²) in [6.07, 6.45) is 2.91. The lowest BCUT2D eigenvalue weighted by atomic mass is 9.99. The van der Waals surface area contributed by atoms with E-state index in [1.54, 1.807) is 0 Å². The van der Waals surface area contributed by atoms with E-state index in [2.05, 4.69) is 34.6 Å². The Bertz CT molecular complexity index is 841. The third-order valence-corrected chi connectivity index (χ3v) is 5.80. The zero-order valence-corrected chi connectivity index (χ0v) is 18.9. The van der Waals surface area contributed by atoms with Crippen LogP contribution in [-0.2, 0) is 16.1 Å². The van der Waals surface area contributed by atoms with Gasteiger partial charge in [0.1, 0.15) is 6.04 Å². The quantitative estimate of drug-likeness (QED) is 0.646. The Morgan fingerprint density at radius 1 is 1.00 bits per heavy atom. The number of benzene rings is 2. The van der Waals surface area contributed by atoms with Gasteiger partial charge in [-0.15, -0.1) is 0 Å². The molecule has 1 fully saturated rings. The van der Waals surface area contributed by atoms with Crippen LogP contribution in [0.5, 0.6) is 0 Å². The number of hydrogen-bond donors (Lipinski definition) is 2. The number of amides is 2. The highest BCUT2D eigenvalue weighted by molar-refractivity contribution is 5.97. The fourth-order valence-corrected chi connectivity index (χ4v) is 3.92. The van der Waals surface area contributed by atoms with E-state index in [4.69, 9.17) is 0 Å². The predicted octanol–water partition coefficient (Wildman–Crippen LogP) is 4.76. The lowest BCUT2D eigenvalue weighted by Gasteiger charge is -2.30. The lowest BCUT2D eigenvalue weighted by Crippen LogP contribution is -2.37. The molecule has 166 valence electrons. The van der Waals surface area contributed by atoms with Crippen LogP contribution < -0.4 is 10.6 Å². The van der Waals surface area contributed by atoms with Gasteiger partial charge >= 0.3 is 0 Å². The summed E-state index contributed by atoms with van der Waals surface area (Å²) in [5.41, 5.74) is 2.76. The van der Waals surface area contributed by atoms with Crippen LogP contribution in [0.1, 0.15) is 57.2 Å². The van der Waals surface area contributed by atoms with Crippen molar-refractivity contribution in [2.45, 2.75) is 52.6 Å². The highest BCUT2D eigenvalue weighted by Crippen LogP contribution is 2.20. The maximum Gasteiger partial charge on any atom is 0.251 e. The Morgan fingerprint density at radius 2 is 1.65 bits per heavy atom. The van der Waals surface area contributed by atoms with Crippen molar-refractivity contribution in [2.24, 2.45) is 11.8 Å². The van der Waals surface area contributed by atoms with Crippen molar-refractivity contribution < 1.29 is 9.59 Å². The number of carbonyl (C=O) groups excluding carboxylic acids is 2. The van der Waals surface area contributed by atoms with Gasteiger partial charge in [0.05, 0.1) is 0 Å². The Hall–Kier alpha value is -2.66. The van der Waals surface area contributed by atoms with Gasteiger partial charge in [-0.25, -0.2) is 0 Å². The van der Waals surface area contributed by atoms with Gasteiger partial charge in [-0.1, -0.05) is 63.2 Å². The molecule has 0 spiro atoms. The highest BCUT2D eigenvalue weighted by Gasteiger charge is 2.23. The molecule has 2 amide bonds. The maximum absolute atomic E-state index is 13.0. The molecule has 1 unspecified atom stereocenters. The number of likely N-dealkylation sites (tertiary alicyclic amines) is 1. The molecule has 0 saturated carbocycles. The van der Waals surface area contributed by atoms with E-state index in [0.29, 0.717) is 6.42 Å². The minimum Gasteiger partial charge on any atom is -0.341 e. The van der Waals surface area contributed by atoms with Crippen LogP contribution in [0.3, 0.4) is 0 Å². The van der Waals surface area contributed by atoms with Gasteiger partial charge in [-0.3, -0.25) is 14.5 Å². The molecule has 0 bridgehead atoms. The Balaban J connectivity index is 1.63. The summed E-state index contributed by atoms with van der Waals surface area (Å²) in [5.74, 6) is 0.703. The summed E-state index contributed by atoms with van der Waals surface area (Å²) in [7, 11) is 0. The standard InChI is InChI=1S/C26H35N3O2/c1-19(2)17-24(30)28-25(22-7-5-4-6-8-22)26(31)27-23-11-9-21(10-12-23)18-29-15-13-20(3)14-16-29/h4-12,19-20,25H,13-18H2,1-3H3,(H,27,31)(H,28,30). The topological polar surface area (TPSA) is 61.4 Å². The van der Waals surface area contributed by atoms with Crippen molar-refractivity contribution in [3.8, 4) is 0 Å². The molecule has 1 heterocycles. The Kier molecular flexibility index (Phi) is 8.24. The molecule has 2 aromatic rings. The average molecular weight is 422 g/mol. The molecule has 0 radical (unpaired) electrons. The summed E-state index contributed by atoms with van der Waals surface area (Å²) in [5, 5.41) is 5.86. The summed E-state index contributed by atoms with van der Waals surface area (Å²) in [6, 6.07) is 16.7. The molecule has 0 aromatic heterocycles. The molecule has 5 heteroatoms. The molecular weight excluding hydrogens is 386 g/mol. The van der Waals surface area contributed by atoms with E-state index in [0.717, 1.165) is 36.8 Å². The lowest BCUT2D eigenvalue weighted by molar-refractivity contribution is -0.127. The molecule has 2 N–H and O–H groups in total. The molecule has 1 saturated heterocycles. The van der Waals surface area contributed by atoms with Gasteiger partial charge in [-0.05, 0) is 61.0 Å². The van der Waals surface area contributed by atoms with E-state index in [1.165, 1.54) is 18.4 Å². The van der Waals surface area contributed by atoms with Gasteiger partial charge < -0.3 is 10.6 Å². The van der Waals surface area contributed by atoms with Crippen molar-refractivity contribution in [3.63, 3.8) is 0 Å². The number of carbonyl (C=O) groups is 2. The molecule has 2 aromatic carbocycles. The third-order valence-electron chi connectivity index (χ3n) is 5.80. The molecule has 5 nitrogen and oxygen atoms in total. The Labute approximate surface area is 186 Å². The smallest absolute Gasteiger partial charge is 0.251 e. The second kappa shape index (κ2) is 11.1. The van der Waals surface area contributed by atoms with Crippen molar-refractivity contribution in [2.75, 3.05) is 18.4 Å². The minimum absolute atomic E-state index is 0.120. The minimum atomic E-state index is -0.720. The first-order valence-corrected chi connectivity index (χ1v) is 11.4. The van der Waals surface area contributed by atoms with Gasteiger partial charge in [0, 0.05) is 18.7 Å². The molecule has 31 heavy (non-hydrogen) atoms. The van der Waals surface area contributed by atoms with Crippen LogP contribution in [0.15, 0.2) is 54.6 Å². The zero-order valence-electron chi connectivity index (χ0n) is 18.9. The first-order valence-electron chi connectivity index (χ1n) is 11.4. The number of nitrogens with zero attached hydrogens (tertiary/aromatic N) is 1. The van der Waals surface area contributed by atoms with Crippen LogP contribution in [0.4, 0.5) is 5.69 Å². The number of piperidine rings is 1. The molecule has 3 rings (SSSR count). The fraction of sp³-hybridized carbons (Fsp3) is 0.462. The monoisotopic (exact) mass is 421 g/mol. The summed E-state index contributed by atoms with van der Waals surface area (Å²) < 4.78 is 0. The van der Waals surface area contributed by atoms with Crippen LogP contribution in [0, 0.1) is 11.8 Å². The first kappa shape index (κ1) is 23.0. The number of hydrogen-bond acceptors (Lipinski definition) is 3.